The number of carbonyl (C=O) groups is 1. The Hall–Kier alpha value is -2.41. The molecule has 0 aliphatic rings. The molecule has 7 heteroatoms. The topological polar surface area (TPSA) is 60.5 Å². The average molecular weight is 389 g/mol. The first kappa shape index (κ1) is 18.4. The zero-order chi connectivity index (χ0) is 18.4. The van der Waals surface area contributed by atoms with Crippen LogP contribution in [0.3, 0.4) is 0 Å². The summed E-state index contributed by atoms with van der Waals surface area (Å²) in [7, 11) is 1.60. The van der Waals surface area contributed by atoms with Crippen molar-refractivity contribution in [2.45, 2.75) is 0 Å². The number of methoxy groups -OCH3 is 1. The smallest absolute Gasteiger partial charge is 0.284 e. The number of amides is 1. The Morgan fingerprint density at radius 1 is 1.19 bits per heavy atom. The molecule has 2 aromatic carbocycles. The Kier molecular flexibility index (Phi) is 6.22. The highest BCUT2D eigenvalue weighted by Gasteiger charge is 2.15. The van der Waals surface area contributed by atoms with E-state index in [0.717, 1.165) is 11.3 Å². The first-order valence-corrected chi connectivity index (χ1v) is 9.16. The monoisotopic (exact) mass is 388 g/mol. The zero-order valence-electron chi connectivity index (χ0n) is 14.1. The van der Waals surface area contributed by atoms with Crippen molar-refractivity contribution in [2.24, 2.45) is 0 Å². The van der Waals surface area contributed by atoms with Crippen LogP contribution >= 0.6 is 22.9 Å². The summed E-state index contributed by atoms with van der Waals surface area (Å²) in [5, 5.41) is 5.55. The molecular formula is C19H17ClN2O3S. The molecule has 26 heavy (non-hydrogen) atoms. The number of aromatic nitrogens is 1. The van der Waals surface area contributed by atoms with E-state index in [2.05, 4.69) is 10.3 Å². The Morgan fingerprint density at radius 2 is 2.00 bits per heavy atom. The summed E-state index contributed by atoms with van der Waals surface area (Å²) in [6.45, 7) is 0.819. The third-order valence-corrected chi connectivity index (χ3v) is 4.58. The van der Waals surface area contributed by atoms with Gasteiger partial charge in [-0.1, -0.05) is 41.9 Å². The number of hydrogen-bond acceptors (Lipinski definition) is 5. The number of nitrogens with zero attached hydrogens (tertiary/aromatic N) is 1. The lowest BCUT2D eigenvalue weighted by atomic mass is 10.2. The van der Waals surface area contributed by atoms with Gasteiger partial charge in [0.15, 0.2) is 5.01 Å². The van der Waals surface area contributed by atoms with Crippen molar-refractivity contribution in [2.75, 3.05) is 25.6 Å². The molecule has 0 aliphatic carbocycles. The van der Waals surface area contributed by atoms with Gasteiger partial charge in [-0.25, -0.2) is 4.98 Å². The van der Waals surface area contributed by atoms with Gasteiger partial charge in [-0.15, -0.1) is 11.3 Å². The van der Waals surface area contributed by atoms with E-state index in [0.29, 0.717) is 34.7 Å². The summed E-state index contributed by atoms with van der Waals surface area (Å²) < 4.78 is 10.6. The van der Waals surface area contributed by atoms with Crippen molar-refractivity contribution in [1.82, 2.24) is 4.98 Å². The van der Waals surface area contributed by atoms with Crippen LogP contribution in [0.25, 0.3) is 11.3 Å². The van der Waals surface area contributed by atoms with E-state index in [-0.39, 0.29) is 5.91 Å². The number of thiazole rings is 1. The highest BCUT2D eigenvalue weighted by atomic mass is 35.5. The van der Waals surface area contributed by atoms with Crippen molar-refractivity contribution in [3.8, 4) is 17.0 Å². The van der Waals surface area contributed by atoms with Gasteiger partial charge in [0, 0.05) is 23.1 Å². The van der Waals surface area contributed by atoms with E-state index < -0.39 is 0 Å². The molecule has 0 atom stereocenters. The Labute approximate surface area is 160 Å². The summed E-state index contributed by atoms with van der Waals surface area (Å²) in [5.41, 5.74) is 2.23. The lowest BCUT2D eigenvalue weighted by Gasteiger charge is -2.12. The fraction of sp³-hybridized carbons (Fsp3) is 0.158. The molecule has 0 saturated carbocycles. The zero-order valence-corrected chi connectivity index (χ0v) is 15.6. The number of nitrogens with one attached hydrogen (secondary N) is 1. The van der Waals surface area contributed by atoms with Gasteiger partial charge < -0.3 is 14.8 Å². The number of rotatable bonds is 7. The van der Waals surface area contributed by atoms with Crippen LogP contribution in [0.4, 0.5) is 5.69 Å². The maximum Gasteiger partial charge on any atom is 0.284 e. The molecule has 0 aliphatic heterocycles. The van der Waals surface area contributed by atoms with Crippen molar-refractivity contribution >= 4 is 34.5 Å². The molecule has 134 valence electrons. The van der Waals surface area contributed by atoms with E-state index in [9.17, 15) is 4.79 Å². The van der Waals surface area contributed by atoms with E-state index in [1.807, 2.05) is 35.7 Å². The number of hydrogen-bond donors (Lipinski definition) is 1. The number of anilines is 1. The lowest BCUT2D eigenvalue weighted by Crippen LogP contribution is -2.13. The molecule has 0 bridgehead atoms. The van der Waals surface area contributed by atoms with Gasteiger partial charge in [0.25, 0.3) is 5.91 Å². The van der Waals surface area contributed by atoms with Gasteiger partial charge in [-0.05, 0) is 18.2 Å². The van der Waals surface area contributed by atoms with Crippen molar-refractivity contribution in [3.05, 3.63) is 63.9 Å². The van der Waals surface area contributed by atoms with E-state index in [1.165, 1.54) is 11.3 Å². The van der Waals surface area contributed by atoms with Crippen LogP contribution in [0.2, 0.25) is 5.02 Å². The average Bonchev–Trinajstić information content (AvgIpc) is 3.15. The largest absolute Gasteiger partial charge is 0.489 e. The molecule has 0 spiro atoms. The molecule has 0 radical (unpaired) electrons. The third-order valence-electron chi connectivity index (χ3n) is 3.50. The molecule has 1 aromatic heterocycles. The summed E-state index contributed by atoms with van der Waals surface area (Å²) in [5.74, 6) is 0.218. The molecular weight excluding hydrogens is 372 g/mol. The second-order valence-corrected chi connectivity index (χ2v) is 6.63. The quantitative estimate of drug-likeness (QED) is 0.594. The molecule has 1 amide bonds. The fourth-order valence-corrected chi connectivity index (χ4v) is 3.15. The minimum atomic E-state index is -0.309. The van der Waals surface area contributed by atoms with Crippen LogP contribution in [0, 0.1) is 0 Å². The maximum absolute atomic E-state index is 12.6. The number of carbonyl (C=O) groups excluding carboxylic acids is 1. The van der Waals surface area contributed by atoms with Crippen LogP contribution < -0.4 is 10.1 Å². The maximum atomic E-state index is 12.6. The standard InChI is InChI=1S/C19H17ClN2O3S/c1-24-9-10-25-17-8-7-14(20)11-15(17)21-18(23)19-22-16(12-26-19)13-5-3-2-4-6-13/h2-8,11-12H,9-10H2,1H3,(H,21,23). The molecule has 5 nitrogen and oxygen atoms in total. The predicted molar refractivity (Wildman–Crippen MR) is 104 cm³/mol. The van der Waals surface area contributed by atoms with Crippen molar-refractivity contribution in [1.29, 1.82) is 0 Å². The highest BCUT2D eigenvalue weighted by Crippen LogP contribution is 2.29. The van der Waals surface area contributed by atoms with Gasteiger partial charge in [0.05, 0.1) is 18.0 Å². The minimum Gasteiger partial charge on any atom is -0.489 e. The summed E-state index contributed by atoms with van der Waals surface area (Å²) in [6.07, 6.45) is 0. The minimum absolute atomic E-state index is 0.309. The van der Waals surface area contributed by atoms with E-state index in [4.69, 9.17) is 21.1 Å². The molecule has 3 rings (SSSR count). The van der Waals surface area contributed by atoms with Crippen LogP contribution in [0.15, 0.2) is 53.9 Å². The summed E-state index contributed by atoms with van der Waals surface area (Å²) in [4.78, 5) is 17.0. The lowest BCUT2D eigenvalue weighted by molar-refractivity contribution is 0.102. The number of halogens is 1. The summed E-state index contributed by atoms with van der Waals surface area (Å²) >= 11 is 7.33. The Balaban J connectivity index is 1.76. The highest BCUT2D eigenvalue weighted by molar-refractivity contribution is 7.12. The molecule has 0 saturated heterocycles. The SMILES string of the molecule is COCCOc1ccc(Cl)cc1NC(=O)c1nc(-c2ccccc2)cs1. The normalized spacial score (nSPS) is 10.5. The second-order valence-electron chi connectivity index (χ2n) is 5.34. The second kappa shape index (κ2) is 8.80. The molecule has 1 N–H and O–H groups in total. The van der Waals surface area contributed by atoms with Crippen LogP contribution in [-0.4, -0.2) is 31.2 Å². The Bertz CT molecular complexity index is 884. The van der Waals surface area contributed by atoms with Crippen LogP contribution in [-0.2, 0) is 4.74 Å². The first-order chi connectivity index (χ1) is 12.7. The van der Waals surface area contributed by atoms with Gasteiger partial charge >= 0.3 is 0 Å². The third kappa shape index (κ3) is 4.60. The van der Waals surface area contributed by atoms with E-state index >= 15 is 0 Å². The van der Waals surface area contributed by atoms with Gasteiger partial charge in [0.2, 0.25) is 0 Å². The van der Waals surface area contributed by atoms with Crippen molar-refractivity contribution in [3.63, 3.8) is 0 Å². The van der Waals surface area contributed by atoms with Gasteiger partial charge in [0.1, 0.15) is 12.4 Å². The summed E-state index contributed by atoms with van der Waals surface area (Å²) in [6, 6.07) is 14.8. The van der Waals surface area contributed by atoms with Crippen molar-refractivity contribution < 1.29 is 14.3 Å². The number of ether oxygens (including phenoxy) is 2. The molecule has 3 aromatic rings. The van der Waals surface area contributed by atoms with Gasteiger partial charge in [-0.2, -0.15) is 0 Å². The molecule has 0 fully saturated rings. The number of benzene rings is 2. The van der Waals surface area contributed by atoms with Crippen LogP contribution in [0.5, 0.6) is 5.75 Å². The van der Waals surface area contributed by atoms with Gasteiger partial charge in [-0.3, -0.25) is 4.79 Å². The fourth-order valence-electron chi connectivity index (χ4n) is 2.26. The van der Waals surface area contributed by atoms with Crippen LogP contribution in [0.1, 0.15) is 9.80 Å². The Morgan fingerprint density at radius 3 is 2.77 bits per heavy atom. The predicted octanol–water partition coefficient (Wildman–Crippen LogP) is 4.74. The molecule has 1 heterocycles. The first-order valence-electron chi connectivity index (χ1n) is 7.91. The molecule has 0 unspecified atom stereocenters. The van der Waals surface area contributed by atoms with E-state index in [1.54, 1.807) is 25.3 Å².